The first kappa shape index (κ1) is 17.0. The first-order valence-electron chi connectivity index (χ1n) is 7.70. The Kier molecular flexibility index (Phi) is 5.58. The highest BCUT2D eigenvalue weighted by atomic mass is 79.9. The van der Waals surface area contributed by atoms with Crippen molar-refractivity contribution in [1.82, 2.24) is 5.32 Å². The monoisotopic (exact) mass is 404 g/mol. The van der Waals surface area contributed by atoms with Gasteiger partial charge in [-0.05, 0) is 53.0 Å². The fourth-order valence-electron chi connectivity index (χ4n) is 2.17. The van der Waals surface area contributed by atoms with Crippen LogP contribution in [0.2, 0.25) is 0 Å². The normalized spacial score (nSPS) is 13.4. The summed E-state index contributed by atoms with van der Waals surface area (Å²) in [4.78, 5) is 25.5. The average molecular weight is 405 g/mol. The summed E-state index contributed by atoms with van der Waals surface area (Å²) in [7, 11) is 0. The van der Waals surface area contributed by atoms with E-state index in [0.29, 0.717) is 11.3 Å². The maximum absolute atomic E-state index is 12.2. The fraction of sp³-hybridized carbons (Fsp3) is 0.222. The highest BCUT2D eigenvalue weighted by Gasteiger charge is 2.25. The van der Waals surface area contributed by atoms with Gasteiger partial charge in [0.2, 0.25) is 5.91 Å². The smallest absolute Gasteiger partial charge is 0.253 e. The molecule has 2 aromatic rings. The van der Waals surface area contributed by atoms with Gasteiger partial charge in [-0.25, -0.2) is 0 Å². The molecule has 1 fully saturated rings. The third-order valence-corrected chi connectivity index (χ3v) is 5.58. The zero-order chi connectivity index (χ0) is 16.9. The predicted octanol–water partition coefficient (Wildman–Crippen LogP) is 4.07. The number of amides is 2. The van der Waals surface area contributed by atoms with E-state index in [0.717, 1.165) is 22.2 Å². The Morgan fingerprint density at radius 1 is 1.08 bits per heavy atom. The van der Waals surface area contributed by atoms with E-state index in [9.17, 15) is 9.59 Å². The molecule has 1 aliphatic rings. The molecule has 2 aromatic carbocycles. The second-order valence-corrected chi connectivity index (χ2v) is 7.43. The lowest BCUT2D eigenvalue weighted by molar-refractivity contribution is -0.113. The zero-order valence-electron chi connectivity index (χ0n) is 12.9. The number of benzene rings is 2. The number of halogens is 1. The zero-order valence-corrected chi connectivity index (χ0v) is 15.3. The van der Waals surface area contributed by atoms with Crippen LogP contribution in [0.5, 0.6) is 0 Å². The van der Waals surface area contributed by atoms with E-state index in [1.165, 1.54) is 11.8 Å². The van der Waals surface area contributed by atoms with Crippen LogP contribution in [0.25, 0.3) is 0 Å². The molecule has 2 amide bonds. The molecule has 0 unspecified atom stereocenters. The predicted molar refractivity (Wildman–Crippen MR) is 100 cm³/mol. The quantitative estimate of drug-likeness (QED) is 0.713. The van der Waals surface area contributed by atoms with E-state index in [1.54, 1.807) is 18.2 Å². The summed E-state index contributed by atoms with van der Waals surface area (Å²) >= 11 is 4.92. The van der Waals surface area contributed by atoms with Crippen molar-refractivity contribution in [3.63, 3.8) is 0 Å². The van der Waals surface area contributed by atoms with E-state index < -0.39 is 0 Å². The number of anilines is 1. The summed E-state index contributed by atoms with van der Waals surface area (Å²) in [5.41, 5.74) is 1.05. The molecule has 3 rings (SSSR count). The number of carbonyl (C=O) groups excluding carboxylic acids is 2. The minimum Gasteiger partial charge on any atom is -0.349 e. The van der Waals surface area contributed by atoms with Gasteiger partial charge in [-0.2, -0.15) is 0 Å². The Labute approximate surface area is 153 Å². The molecule has 4 nitrogen and oxygen atoms in total. The third-order valence-electron chi connectivity index (χ3n) is 3.55. The molecule has 1 saturated carbocycles. The van der Waals surface area contributed by atoms with Crippen LogP contribution in [0.4, 0.5) is 5.69 Å². The molecule has 124 valence electrons. The van der Waals surface area contributed by atoms with Crippen molar-refractivity contribution in [2.75, 3.05) is 11.1 Å². The molecule has 0 radical (unpaired) electrons. The lowest BCUT2D eigenvalue weighted by Gasteiger charge is -2.11. The summed E-state index contributed by atoms with van der Waals surface area (Å²) in [6.45, 7) is 0. The van der Waals surface area contributed by atoms with Gasteiger partial charge in [0.05, 0.1) is 17.0 Å². The van der Waals surface area contributed by atoms with Gasteiger partial charge in [-0.1, -0.05) is 24.3 Å². The molecule has 0 saturated heterocycles. The van der Waals surface area contributed by atoms with Gasteiger partial charge in [0.1, 0.15) is 0 Å². The van der Waals surface area contributed by atoms with Gasteiger partial charge in [-0.15, -0.1) is 11.8 Å². The summed E-state index contributed by atoms with van der Waals surface area (Å²) in [6, 6.07) is 15.1. The number of carbonyl (C=O) groups is 2. The van der Waals surface area contributed by atoms with E-state index >= 15 is 0 Å². The summed E-state index contributed by atoms with van der Waals surface area (Å²) in [5.74, 6) is 0.00978. The van der Waals surface area contributed by atoms with Crippen LogP contribution in [0.3, 0.4) is 0 Å². The van der Waals surface area contributed by atoms with Gasteiger partial charge in [0.25, 0.3) is 5.91 Å². The molecule has 0 atom stereocenters. The standard InChI is InChI=1S/C18H17BrN2O2S/c19-14-6-2-4-8-16(14)24-11-17(22)21-15-7-3-1-5-13(15)18(23)20-12-9-10-12/h1-8,12H,9-11H2,(H,20,23)(H,21,22). The van der Waals surface area contributed by atoms with Crippen LogP contribution >= 0.6 is 27.7 Å². The van der Waals surface area contributed by atoms with Crippen LogP contribution in [-0.4, -0.2) is 23.6 Å². The molecule has 2 N–H and O–H groups in total. The Balaban J connectivity index is 1.61. The molecule has 0 aliphatic heterocycles. The van der Waals surface area contributed by atoms with Crippen molar-refractivity contribution < 1.29 is 9.59 Å². The van der Waals surface area contributed by atoms with Crippen molar-refractivity contribution in [3.05, 3.63) is 58.6 Å². The number of thioether (sulfide) groups is 1. The van der Waals surface area contributed by atoms with E-state index in [1.807, 2.05) is 30.3 Å². The average Bonchev–Trinajstić information content (AvgIpc) is 3.38. The van der Waals surface area contributed by atoms with Gasteiger partial charge in [-0.3, -0.25) is 9.59 Å². The Morgan fingerprint density at radius 3 is 2.54 bits per heavy atom. The van der Waals surface area contributed by atoms with Gasteiger partial charge in [0.15, 0.2) is 0 Å². The van der Waals surface area contributed by atoms with E-state index in [4.69, 9.17) is 0 Å². The summed E-state index contributed by atoms with van der Waals surface area (Å²) in [6.07, 6.45) is 2.06. The van der Waals surface area contributed by atoms with Crippen LogP contribution in [0, 0.1) is 0 Å². The SMILES string of the molecule is O=C(CSc1ccccc1Br)Nc1ccccc1C(=O)NC1CC1. The fourth-order valence-corrected chi connectivity index (χ4v) is 3.54. The molecule has 24 heavy (non-hydrogen) atoms. The minimum atomic E-state index is -0.137. The van der Waals surface area contributed by atoms with Gasteiger partial charge < -0.3 is 10.6 Å². The van der Waals surface area contributed by atoms with Crippen molar-refractivity contribution in [3.8, 4) is 0 Å². The number of nitrogens with one attached hydrogen (secondary N) is 2. The first-order valence-corrected chi connectivity index (χ1v) is 9.48. The molecule has 1 aliphatic carbocycles. The maximum atomic E-state index is 12.2. The molecule has 0 heterocycles. The molecular weight excluding hydrogens is 388 g/mol. The van der Waals surface area contributed by atoms with E-state index in [-0.39, 0.29) is 23.6 Å². The first-order chi connectivity index (χ1) is 11.6. The Bertz CT molecular complexity index is 762. The van der Waals surface area contributed by atoms with E-state index in [2.05, 4.69) is 26.6 Å². The highest BCUT2D eigenvalue weighted by molar-refractivity contribution is 9.10. The highest BCUT2D eigenvalue weighted by Crippen LogP contribution is 2.27. The largest absolute Gasteiger partial charge is 0.349 e. The number of para-hydroxylation sites is 1. The molecule has 6 heteroatoms. The van der Waals surface area contributed by atoms with Crippen molar-refractivity contribution in [1.29, 1.82) is 0 Å². The Morgan fingerprint density at radius 2 is 1.79 bits per heavy atom. The minimum absolute atomic E-state index is 0.133. The van der Waals surface area contributed by atoms with Crippen LogP contribution in [0.1, 0.15) is 23.2 Å². The number of hydrogen-bond acceptors (Lipinski definition) is 3. The lowest BCUT2D eigenvalue weighted by atomic mass is 10.1. The molecule has 0 bridgehead atoms. The summed E-state index contributed by atoms with van der Waals surface area (Å²) in [5, 5.41) is 5.79. The van der Waals surface area contributed by atoms with Crippen LogP contribution in [0.15, 0.2) is 57.9 Å². The second kappa shape index (κ2) is 7.85. The summed E-state index contributed by atoms with van der Waals surface area (Å²) < 4.78 is 0.965. The van der Waals surface area contributed by atoms with Crippen LogP contribution < -0.4 is 10.6 Å². The van der Waals surface area contributed by atoms with Gasteiger partial charge in [0, 0.05) is 15.4 Å². The maximum Gasteiger partial charge on any atom is 0.253 e. The number of hydrogen-bond donors (Lipinski definition) is 2. The number of rotatable bonds is 6. The third kappa shape index (κ3) is 4.61. The van der Waals surface area contributed by atoms with Gasteiger partial charge >= 0.3 is 0 Å². The molecule has 0 spiro atoms. The van der Waals surface area contributed by atoms with Crippen LogP contribution in [-0.2, 0) is 4.79 Å². The Hall–Kier alpha value is -1.79. The van der Waals surface area contributed by atoms with Crippen molar-refractivity contribution in [2.24, 2.45) is 0 Å². The topological polar surface area (TPSA) is 58.2 Å². The van der Waals surface area contributed by atoms with Crippen molar-refractivity contribution >= 4 is 45.2 Å². The lowest BCUT2D eigenvalue weighted by Crippen LogP contribution is -2.27. The van der Waals surface area contributed by atoms with Crippen molar-refractivity contribution in [2.45, 2.75) is 23.8 Å². The molecule has 0 aromatic heterocycles. The molecular formula is C18H17BrN2O2S. The second-order valence-electron chi connectivity index (χ2n) is 5.56.